The molecule has 3 heteroatoms. The van der Waals surface area contributed by atoms with E-state index in [2.05, 4.69) is 36.3 Å². The van der Waals surface area contributed by atoms with Crippen molar-refractivity contribution in [3.8, 4) is 0 Å². The lowest BCUT2D eigenvalue weighted by atomic mass is 10.00. The maximum absolute atomic E-state index is 13.9. The predicted octanol–water partition coefficient (Wildman–Crippen LogP) is 5.80. The van der Waals surface area contributed by atoms with Crippen LogP contribution in [0.4, 0.5) is 15.9 Å². The molecule has 0 fully saturated rings. The van der Waals surface area contributed by atoms with Gasteiger partial charge in [0.05, 0.1) is 0 Å². The second-order valence-electron chi connectivity index (χ2n) is 6.49. The molecular weight excluding hydrogens is 287 g/mol. The fourth-order valence-corrected chi connectivity index (χ4v) is 2.63. The van der Waals surface area contributed by atoms with Crippen molar-refractivity contribution in [3.05, 3.63) is 65.4 Å². The molecule has 1 N–H and O–H groups in total. The summed E-state index contributed by atoms with van der Waals surface area (Å²) >= 11 is 0. The van der Waals surface area contributed by atoms with Crippen LogP contribution < -0.4 is 5.32 Å². The highest BCUT2D eigenvalue weighted by molar-refractivity contribution is 5.94. The molecule has 1 heterocycles. The average molecular weight is 308 g/mol. The molecule has 0 atom stereocenters. The minimum Gasteiger partial charge on any atom is -0.340 e. The molecule has 0 aliphatic carbocycles. The van der Waals surface area contributed by atoms with E-state index in [9.17, 15) is 4.39 Å². The minimum atomic E-state index is -1.33. The fourth-order valence-electron chi connectivity index (χ4n) is 2.63. The quantitative estimate of drug-likeness (QED) is 0.661. The number of benzene rings is 2. The largest absolute Gasteiger partial charge is 0.340 e. The third-order valence-electron chi connectivity index (χ3n) is 4.21. The molecule has 0 spiro atoms. The van der Waals surface area contributed by atoms with Crippen LogP contribution in [0.1, 0.15) is 30.5 Å². The molecule has 3 rings (SSSR count). The molecule has 3 aromatic rings. The fraction of sp³-hybridized carbons (Fsp3) is 0.250. The molecule has 1 aromatic heterocycles. The molecule has 23 heavy (non-hydrogen) atoms. The summed E-state index contributed by atoms with van der Waals surface area (Å²) in [6.07, 6.45) is 1.80. The zero-order valence-corrected chi connectivity index (χ0v) is 13.9. The van der Waals surface area contributed by atoms with Crippen molar-refractivity contribution in [2.45, 2.75) is 33.4 Å². The van der Waals surface area contributed by atoms with Crippen molar-refractivity contribution < 1.29 is 4.39 Å². The highest BCUT2D eigenvalue weighted by Gasteiger charge is 2.18. The predicted molar refractivity (Wildman–Crippen MR) is 95.1 cm³/mol. The van der Waals surface area contributed by atoms with Gasteiger partial charge in [-0.1, -0.05) is 18.2 Å². The highest BCUT2D eigenvalue weighted by atomic mass is 19.1. The number of hydrogen-bond acceptors (Lipinski definition) is 2. The normalized spacial score (nSPS) is 11.7. The molecular formula is C20H21FN2. The van der Waals surface area contributed by atoms with E-state index in [-0.39, 0.29) is 0 Å². The second kappa shape index (κ2) is 5.65. The molecule has 0 amide bonds. The summed E-state index contributed by atoms with van der Waals surface area (Å²) in [5, 5.41) is 5.59. The number of rotatable bonds is 3. The molecule has 0 unspecified atom stereocenters. The number of hydrogen-bond donors (Lipinski definition) is 1. The summed E-state index contributed by atoms with van der Waals surface area (Å²) in [5.74, 6) is 0.817. The summed E-state index contributed by atoms with van der Waals surface area (Å²) in [6, 6.07) is 13.7. The molecule has 2 aromatic carbocycles. The summed E-state index contributed by atoms with van der Waals surface area (Å²) in [4.78, 5) is 4.46. The number of nitrogens with one attached hydrogen (secondary N) is 1. The van der Waals surface area contributed by atoms with Gasteiger partial charge in [0, 0.05) is 17.3 Å². The Morgan fingerprint density at radius 3 is 2.26 bits per heavy atom. The zero-order chi connectivity index (χ0) is 16.6. The topological polar surface area (TPSA) is 24.9 Å². The van der Waals surface area contributed by atoms with Gasteiger partial charge in [0.15, 0.2) is 0 Å². The summed E-state index contributed by atoms with van der Waals surface area (Å²) < 4.78 is 13.9. The highest BCUT2D eigenvalue weighted by Crippen LogP contribution is 2.29. The van der Waals surface area contributed by atoms with Crippen molar-refractivity contribution in [2.75, 3.05) is 5.32 Å². The van der Waals surface area contributed by atoms with E-state index in [1.807, 2.05) is 30.3 Å². The molecule has 0 saturated heterocycles. The second-order valence-corrected chi connectivity index (χ2v) is 6.49. The SMILES string of the molecule is Cc1cc2ccnc(Nc3ccc(C(C)(C)F)cc3)c2cc1C. The zero-order valence-electron chi connectivity index (χ0n) is 13.9. The first-order valence-electron chi connectivity index (χ1n) is 7.77. The van der Waals surface area contributed by atoms with E-state index in [1.54, 1.807) is 20.0 Å². The molecule has 0 radical (unpaired) electrons. The smallest absolute Gasteiger partial charge is 0.138 e. The van der Waals surface area contributed by atoms with E-state index >= 15 is 0 Å². The third kappa shape index (κ3) is 3.19. The van der Waals surface area contributed by atoms with Gasteiger partial charge in [-0.15, -0.1) is 0 Å². The number of fused-ring (bicyclic) bond motifs is 1. The number of aromatic nitrogens is 1. The van der Waals surface area contributed by atoms with Crippen LogP contribution in [0.2, 0.25) is 0 Å². The van der Waals surface area contributed by atoms with E-state index in [1.165, 1.54) is 11.1 Å². The first kappa shape index (κ1) is 15.5. The Morgan fingerprint density at radius 2 is 1.61 bits per heavy atom. The molecule has 118 valence electrons. The van der Waals surface area contributed by atoms with E-state index < -0.39 is 5.67 Å². The van der Waals surface area contributed by atoms with Crippen LogP contribution in [0.25, 0.3) is 10.8 Å². The van der Waals surface area contributed by atoms with Gasteiger partial charge in [0.25, 0.3) is 0 Å². The van der Waals surface area contributed by atoms with Gasteiger partial charge in [0.2, 0.25) is 0 Å². The van der Waals surface area contributed by atoms with Gasteiger partial charge in [-0.3, -0.25) is 0 Å². The van der Waals surface area contributed by atoms with Gasteiger partial charge in [0.1, 0.15) is 11.5 Å². The number of halogens is 1. The lowest BCUT2D eigenvalue weighted by Crippen LogP contribution is -2.08. The number of nitrogens with zero attached hydrogens (tertiary/aromatic N) is 1. The van der Waals surface area contributed by atoms with Gasteiger partial charge >= 0.3 is 0 Å². The Labute approximate surface area is 136 Å². The number of alkyl halides is 1. The maximum Gasteiger partial charge on any atom is 0.138 e. The maximum atomic E-state index is 13.9. The number of aryl methyl sites for hydroxylation is 2. The summed E-state index contributed by atoms with van der Waals surface area (Å²) in [6.45, 7) is 7.34. The Hall–Kier alpha value is -2.42. The van der Waals surface area contributed by atoms with Crippen molar-refractivity contribution in [2.24, 2.45) is 0 Å². The Bertz CT molecular complexity index is 846. The third-order valence-corrected chi connectivity index (χ3v) is 4.21. The molecule has 2 nitrogen and oxygen atoms in total. The average Bonchev–Trinajstić information content (AvgIpc) is 2.49. The molecule has 0 bridgehead atoms. The van der Waals surface area contributed by atoms with Crippen LogP contribution in [-0.2, 0) is 5.67 Å². The van der Waals surface area contributed by atoms with Crippen molar-refractivity contribution >= 4 is 22.3 Å². The minimum absolute atomic E-state index is 0.667. The standard InChI is InChI=1S/C20H21FN2/c1-13-11-15-9-10-22-19(18(15)12-14(13)2)23-17-7-5-16(6-8-17)20(3,4)21/h5-12H,1-4H3,(H,22,23). The van der Waals surface area contributed by atoms with Crippen LogP contribution in [-0.4, -0.2) is 4.98 Å². The monoisotopic (exact) mass is 308 g/mol. The Morgan fingerprint density at radius 1 is 0.957 bits per heavy atom. The summed E-state index contributed by atoms with van der Waals surface area (Å²) in [5.41, 5.74) is 2.74. The van der Waals surface area contributed by atoms with Crippen molar-refractivity contribution in [1.82, 2.24) is 4.98 Å². The van der Waals surface area contributed by atoms with Gasteiger partial charge in [-0.05, 0) is 74.0 Å². The first-order chi connectivity index (χ1) is 10.8. The molecule has 0 saturated carbocycles. The van der Waals surface area contributed by atoms with Crippen LogP contribution in [0.15, 0.2) is 48.7 Å². The van der Waals surface area contributed by atoms with Crippen LogP contribution in [0.5, 0.6) is 0 Å². The van der Waals surface area contributed by atoms with E-state index in [0.717, 1.165) is 22.3 Å². The first-order valence-corrected chi connectivity index (χ1v) is 7.77. The van der Waals surface area contributed by atoms with Crippen molar-refractivity contribution in [3.63, 3.8) is 0 Å². The van der Waals surface area contributed by atoms with Crippen LogP contribution >= 0.6 is 0 Å². The Kier molecular flexibility index (Phi) is 3.80. The van der Waals surface area contributed by atoms with Crippen LogP contribution in [0.3, 0.4) is 0 Å². The van der Waals surface area contributed by atoms with Crippen LogP contribution in [0, 0.1) is 13.8 Å². The Balaban J connectivity index is 1.97. The summed E-state index contributed by atoms with van der Waals surface area (Å²) in [7, 11) is 0. The molecule has 0 aliphatic heterocycles. The molecule has 0 aliphatic rings. The van der Waals surface area contributed by atoms with Gasteiger partial charge in [-0.2, -0.15) is 0 Å². The lowest BCUT2D eigenvalue weighted by Gasteiger charge is -2.15. The van der Waals surface area contributed by atoms with E-state index in [0.29, 0.717) is 5.56 Å². The number of pyridine rings is 1. The van der Waals surface area contributed by atoms with Crippen molar-refractivity contribution in [1.29, 1.82) is 0 Å². The van der Waals surface area contributed by atoms with Gasteiger partial charge < -0.3 is 5.32 Å². The number of anilines is 2. The van der Waals surface area contributed by atoms with E-state index in [4.69, 9.17) is 0 Å². The lowest BCUT2D eigenvalue weighted by molar-refractivity contribution is 0.221. The van der Waals surface area contributed by atoms with Gasteiger partial charge in [-0.25, -0.2) is 9.37 Å².